The summed E-state index contributed by atoms with van der Waals surface area (Å²) in [5, 5.41) is 17.8. The second kappa shape index (κ2) is 8.19. The number of ether oxygens (including phenoxy) is 2. The van der Waals surface area contributed by atoms with E-state index in [2.05, 4.69) is 0 Å². The second-order valence-electron chi connectivity index (χ2n) is 5.17. The van der Waals surface area contributed by atoms with Crippen LogP contribution in [-0.4, -0.2) is 57.0 Å². The average Bonchev–Trinajstić information content (AvgIpc) is 2.83. The fourth-order valence-corrected chi connectivity index (χ4v) is 3.29. The molecule has 1 unspecified atom stereocenters. The maximum atomic E-state index is 12.3. The number of amides is 1. The molecule has 26 heavy (non-hydrogen) atoms. The van der Waals surface area contributed by atoms with Gasteiger partial charge >= 0.3 is 11.9 Å². The Balaban J connectivity index is 2.25. The third-order valence-corrected chi connectivity index (χ3v) is 4.68. The van der Waals surface area contributed by atoms with Crippen molar-refractivity contribution in [1.82, 2.24) is 4.90 Å². The highest BCUT2D eigenvalue weighted by Crippen LogP contribution is 2.34. The second-order valence-corrected chi connectivity index (χ2v) is 6.85. The number of nitrogens with zero attached hydrogens (tertiary/aromatic N) is 1. The number of methoxy groups -OCH3 is 1. The number of aliphatic carboxylic acids is 2. The number of carboxylic acids is 2. The lowest BCUT2D eigenvalue weighted by Gasteiger charge is -2.14. The van der Waals surface area contributed by atoms with Crippen molar-refractivity contribution in [1.29, 1.82) is 0 Å². The minimum Gasteiger partial charge on any atom is -0.493 e. The zero-order valence-corrected chi connectivity index (χ0v) is 15.4. The Morgan fingerprint density at radius 1 is 1.35 bits per heavy atom. The molecule has 1 atom stereocenters. The molecule has 0 radical (unpaired) electrons. The molecule has 10 heteroatoms. The van der Waals surface area contributed by atoms with Crippen LogP contribution >= 0.6 is 24.0 Å². The zero-order valence-electron chi connectivity index (χ0n) is 13.8. The molecular weight excluding hydrogens is 382 g/mol. The number of thiocarbonyl (C=S) groups is 1. The van der Waals surface area contributed by atoms with E-state index < -0.39 is 30.5 Å². The summed E-state index contributed by atoms with van der Waals surface area (Å²) in [6.07, 6.45) is 0.496. The molecule has 2 rings (SSSR count). The van der Waals surface area contributed by atoms with Crippen molar-refractivity contribution in [2.75, 3.05) is 13.7 Å². The molecule has 0 spiro atoms. The van der Waals surface area contributed by atoms with Crippen molar-refractivity contribution >= 4 is 52.2 Å². The van der Waals surface area contributed by atoms with E-state index in [0.717, 1.165) is 16.7 Å². The Morgan fingerprint density at radius 3 is 2.62 bits per heavy atom. The number of carboxylic acid groups (broad SMARTS) is 2. The van der Waals surface area contributed by atoms with Crippen LogP contribution in [-0.2, 0) is 14.4 Å². The predicted molar refractivity (Wildman–Crippen MR) is 98.2 cm³/mol. The predicted octanol–water partition coefficient (Wildman–Crippen LogP) is 1.83. The lowest BCUT2D eigenvalue weighted by atomic mass is 10.2. The van der Waals surface area contributed by atoms with Gasteiger partial charge in [0.2, 0.25) is 0 Å². The number of rotatable bonds is 7. The van der Waals surface area contributed by atoms with Crippen molar-refractivity contribution in [2.24, 2.45) is 0 Å². The minimum absolute atomic E-state index is 0.172. The molecule has 1 fully saturated rings. The van der Waals surface area contributed by atoms with Crippen molar-refractivity contribution in [3.63, 3.8) is 0 Å². The van der Waals surface area contributed by atoms with E-state index in [4.69, 9.17) is 31.9 Å². The largest absolute Gasteiger partial charge is 0.493 e. The van der Waals surface area contributed by atoms with Crippen LogP contribution in [0.2, 0.25) is 0 Å². The third-order valence-electron chi connectivity index (χ3n) is 3.30. The van der Waals surface area contributed by atoms with Crippen LogP contribution in [0.15, 0.2) is 23.1 Å². The Hall–Kier alpha value is -2.59. The molecule has 138 valence electrons. The first-order valence-corrected chi connectivity index (χ1v) is 8.50. The molecule has 1 amide bonds. The summed E-state index contributed by atoms with van der Waals surface area (Å²) in [5.41, 5.74) is 0.591. The molecule has 1 aromatic carbocycles. The van der Waals surface area contributed by atoms with Crippen molar-refractivity contribution in [3.05, 3.63) is 28.7 Å². The van der Waals surface area contributed by atoms with E-state index >= 15 is 0 Å². The lowest BCUT2D eigenvalue weighted by molar-refractivity contribution is -0.144. The van der Waals surface area contributed by atoms with Crippen molar-refractivity contribution in [2.45, 2.75) is 13.0 Å². The van der Waals surface area contributed by atoms with Crippen LogP contribution < -0.4 is 9.47 Å². The van der Waals surface area contributed by atoms with Gasteiger partial charge in [-0.1, -0.05) is 30.0 Å². The van der Waals surface area contributed by atoms with Gasteiger partial charge in [0.25, 0.3) is 5.91 Å². The number of carbonyl (C=O) groups is 3. The van der Waals surface area contributed by atoms with Crippen molar-refractivity contribution in [3.8, 4) is 11.5 Å². The van der Waals surface area contributed by atoms with Gasteiger partial charge in [-0.2, -0.15) is 0 Å². The highest BCUT2D eigenvalue weighted by molar-refractivity contribution is 8.26. The van der Waals surface area contributed by atoms with Crippen LogP contribution in [0.4, 0.5) is 0 Å². The Kier molecular flexibility index (Phi) is 6.22. The average molecular weight is 397 g/mol. The summed E-state index contributed by atoms with van der Waals surface area (Å²) in [7, 11) is 1.41. The molecule has 1 saturated heterocycles. The Bertz CT molecular complexity index is 806. The number of benzene rings is 1. The van der Waals surface area contributed by atoms with E-state index in [0.29, 0.717) is 11.3 Å². The quantitative estimate of drug-likeness (QED) is 0.525. The fraction of sp³-hybridized carbons (Fsp3) is 0.250. The van der Waals surface area contributed by atoms with Gasteiger partial charge in [0, 0.05) is 0 Å². The molecule has 1 heterocycles. The highest BCUT2D eigenvalue weighted by Gasteiger charge is 2.33. The Morgan fingerprint density at radius 2 is 2.04 bits per heavy atom. The van der Waals surface area contributed by atoms with Gasteiger partial charge in [0.05, 0.1) is 12.0 Å². The Labute approximate surface area is 158 Å². The summed E-state index contributed by atoms with van der Waals surface area (Å²) in [6, 6.07) is 4.73. The van der Waals surface area contributed by atoms with Crippen LogP contribution in [0.5, 0.6) is 11.5 Å². The van der Waals surface area contributed by atoms with Gasteiger partial charge < -0.3 is 19.7 Å². The van der Waals surface area contributed by atoms with Gasteiger partial charge in [-0.15, -0.1) is 0 Å². The number of carbonyl (C=O) groups excluding carboxylic acids is 1. The first kappa shape index (κ1) is 19.7. The summed E-state index contributed by atoms with van der Waals surface area (Å²) in [4.78, 5) is 35.3. The molecule has 1 aliphatic heterocycles. The molecule has 0 saturated carbocycles. The van der Waals surface area contributed by atoms with Crippen LogP contribution in [0, 0.1) is 0 Å². The summed E-state index contributed by atoms with van der Waals surface area (Å²) in [5.74, 6) is -2.21. The minimum atomic E-state index is -1.15. The maximum Gasteiger partial charge on any atom is 0.344 e. The molecule has 2 N–H and O–H groups in total. The highest BCUT2D eigenvalue weighted by atomic mass is 32.2. The molecule has 8 nitrogen and oxygen atoms in total. The first-order chi connectivity index (χ1) is 12.2. The topological polar surface area (TPSA) is 113 Å². The van der Waals surface area contributed by atoms with Gasteiger partial charge in [0.1, 0.15) is 10.9 Å². The van der Waals surface area contributed by atoms with Gasteiger partial charge in [0.15, 0.2) is 17.6 Å². The molecule has 0 aromatic heterocycles. The SMILES string of the molecule is COc1cc(/C=C2/SC(=S)N(CC(=O)O)C2=O)ccc1OC(C)C(=O)O. The lowest BCUT2D eigenvalue weighted by Crippen LogP contribution is -2.33. The third kappa shape index (κ3) is 4.52. The molecular formula is C16H15NO7S2. The van der Waals surface area contributed by atoms with E-state index in [9.17, 15) is 14.4 Å². The summed E-state index contributed by atoms with van der Waals surface area (Å²) in [6.45, 7) is 0.897. The van der Waals surface area contributed by atoms with Gasteiger partial charge in [-0.05, 0) is 30.7 Å². The summed E-state index contributed by atoms with van der Waals surface area (Å²) >= 11 is 6.04. The number of thioether (sulfide) groups is 1. The molecule has 1 aromatic rings. The normalized spacial score (nSPS) is 16.7. The van der Waals surface area contributed by atoms with E-state index in [1.165, 1.54) is 20.1 Å². The molecule has 0 bridgehead atoms. The van der Waals surface area contributed by atoms with Crippen LogP contribution in [0.3, 0.4) is 0 Å². The monoisotopic (exact) mass is 397 g/mol. The number of hydrogen-bond donors (Lipinski definition) is 2. The van der Waals surface area contributed by atoms with E-state index in [1.54, 1.807) is 18.2 Å². The zero-order chi connectivity index (χ0) is 19.4. The fourth-order valence-electron chi connectivity index (χ4n) is 2.04. The van der Waals surface area contributed by atoms with E-state index in [-0.39, 0.29) is 15.0 Å². The maximum absolute atomic E-state index is 12.3. The smallest absolute Gasteiger partial charge is 0.344 e. The van der Waals surface area contributed by atoms with Gasteiger partial charge in [-0.25, -0.2) is 4.79 Å². The first-order valence-electron chi connectivity index (χ1n) is 7.27. The standard InChI is InChI=1S/C16H15NO7S2/c1-8(15(21)22)24-10-4-3-9(5-11(10)23-2)6-12-14(20)17(7-13(18)19)16(25)26-12/h3-6,8H,7H2,1-2H3,(H,18,19)(H,21,22)/b12-6+. The number of hydrogen-bond acceptors (Lipinski definition) is 7. The van der Waals surface area contributed by atoms with Crippen molar-refractivity contribution < 1.29 is 34.1 Å². The van der Waals surface area contributed by atoms with E-state index in [1.807, 2.05) is 0 Å². The molecule has 0 aliphatic carbocycles. The summed E-state index contributed by atoms with van der Waals surface area (Å²) < 4.78 is 10.7. The van der Waals surface area contributed by atoms with Crippen LogP contribution in [0.25, 0.3) is 6.08 Å². The van der Waals surface area contributed by atoms with Gasteiger partial charge in [-0.3, -0.25) is 14.5 Å². The van der Waals surface area contributed by atoms with Crippen LogP contribution in [0.1, 0.15) is 12.5 Å². The molecule has 1 aliphatic rings.